The van der Waals surface area contributed by atoms with Crippen molar-refractivity contribution >= 4 is 23.5 Å². The molecular weight excluding hydrogens is 328 g/mol. The third kappa shape index (κ3) is 3.17. The maximum atomic E-state index is 12.7. The fraction of sp³-hybridized carbons (Fsp3) is 0.471. The van der Waals surface area contributed by atoms with E-state index in [1.807, 2.05) is 0 Å². The molecule has 3 rings (SSSR count). The van der Waals surface area contributed by atoms with Crippen molar-refractivity contribution in [1.29, 1.82) is 0 Å². The van der Waals surface area contributed by atoms with E-state index in [4.69, 9.17) is 9.47 Å². The molecule has 1 aromatic rings. The number of para-hydroxylation sites is 2. The zero-order chi connectivity index (χ0) is 18.1. The van der Waals surface area contributed by atoms with Crippen LogP contribution in [0.1, 0.15) is 13.3 Å². The van der Waals surface area contributed by atoms with Crippen LogP contribution in [0.3, 0.4) is 0 Å². The van der Waals surface area contributed by atoms with Gasteiger partial charge >= 0.3 is 5.97 Å². The van der Waals surface area contributed by atoms with Crippen LogP contribution >= 0.6 is 0 Å². The van der Waals surface area contributed by atoms with Crippen LogP contribution in [0.5, 0.6) is 5.75 Å². The molecule has 0 spiro atoms. The molecule has 1 aromatic carbocycles. The first-order valence-electron chi connectivity index (χ1n) is 8.04. The lowest BCUT2D eigenvalue weighted by Gasteiger charge is -2.34. The Balaban J connectivity index is 1.82. The predicted molar refractivity (Wildman–Crippen MR) is 87.4 cm³/mol. The molecular formula is C17H20N2O6. The predicted octanol–water partition coefficient (Wildman–Crippen LogP) is 0.501. The van der Waals surface area contributed by atoms with E-state index in [2.05, 4.69) is 0 Å². The summed E-state index contributed by atoms with van der Waals surface area (Å²) in [5, 5.41) is 9.35. The van der Waals surface area contributed by atoms with Crippen molar-refractivity contribution in [2.75, 3.05) is 25.1 Å². The quantitative estimate of drug-likeness (QED) is 0.851. The molecule has 1 saturated heterocycles. The topological polar surface area (TPSA) is 96.4 Å². The van der Waals surface area contributed by atoms with Gasteiger partial charge in [0.2, 0.25) is 5.91 Å². The van der Waals surface area contributed by atoms with Gasteiger partial charge in [0.1, 0.15) is 18.3 Å². The summed E-state index contributed by atoms with van der Waals surface area (Å²) < 4.78 is 10.7. The normalized spacial score (nSPS) is 25.5. The molecule has 2 heterocycles. The van der Waals surface area contributed by atoms with Gasteiger partial charge in [-0.1, -0.05) is 12.1 Å². The monoisotopic (exact) mass is 348 g/mol. The molecule has 0 aromatic heterocycles. The van der Waals surface area contributed by atoms with Crippen molar-refractivity contribution in [2.24, 2.45) is 0 Å². The van der Waals surface area contributed by atoms with Gasteiger partial charge in [-0.15, -0.1) is 0 Å². The molecule has 134 valence electrons. The van der Waals surface area contributed by atoms with Crippen LogP contribution in [0.25, 0.3) is 0 Å². The lowest BCUT2D eigenvalue weighted by atomic mass is 10.1. The van der Waals surface area contributed by atoms with Gasteiger partial charge in [-0.05, 0) is 19.1 Å². The highest BCUT2D eigenvalue weighted by atomic mass is 16.5. The molecule has 1 fully saturated rings. The highest BCUT2D eigenvalue weighted by Crippen LogP contribution is 2.33. The summed E-state index contributed by atoms with van der Waals surface area (Å²) in [5.74, 6) is -1.31. The summed E-state index contributed by atoms with van der Waals surface area (Å²) in [7, 11) is 1.49. The van der Waals surface area contributed by atoms with E-state index in [9.17, 15) is 19.5 Å². The molecule has 3 atom stereocenters. The number of benzene rings is 1. The second kappa shape index (κ2) is 6.72. The number of rotatable bonds is 4. The Kier molecular flexibility index (Phi) is 4.63. The SMILES string of the molecule is COC1CC(C(=O)O)N(C(=O)CN2C(=O)C(C)Oc3ccccc32)C1. The number of hydrogen-bond donors (Lipinski definition) is 1. The van der Waals surface area contributed by atoms with Crippen molar-refractivity contribution in [3.8, 4) is 5.75 Å². The summed E-state index contributed by atoms with van der Waals surface area (Å²) in [6, 6.07) is 6.02. The number of anilines is 1. The van der Waals surface area contributed by atoms with E-state index >= 15 is 0 Å². The van der Waals surface area contributed by atoms with Gasteiger partial charge < -0.3 is 19.5 Å². The van der Waals surface area contributed by atoms with Crippen LogP contribution in [0.2, 0.25) is 0 Å². The third-order valence-corrected chi connectivity index (χ3v) is 4.57. The minimum atomic E-state index is -1.07. The Morgan fingerprint density at radius 3 is 2.76 bits per heavy atom. The summed E-state index contributed by atoms with van der Waals surface area (Å²) in [4.78, 5) is 39.2. The van der Waals surface area contributed by atoms with E-state index in [0.717, 1.165) is 0 Å². The van der Waals surface area contributed by atoms with Crippen LogP contribution in [-0.4, -0.2) is 66.2 Å². The standard InChI is InChI=1S/C17H20N2O6/c1-10-16(21)19(12-5-3-4-6-14(12)25-10)9-15(20)18-8-11(24-2)7-13(18)17(22)23/h3-6,10-11,13H,7-9H2,1-2H3,(H,22,23). The van der Waals surface area contributed by atoms with Gasteiger partial charge in [-0.25, -0.2) is 4.79 Å². The minimum absolute atomic E-state index is 0.196. The number of carbonyl (C=O) groups excluding carboxylic acids is 2. The van der Waals surface area contributed by atoms with Crippen molar-refractivity contribution in [3.63, 3.8) is 0 Å². The van der Waals surface area contributed by atoms with Gasteiger partial charge in [0.15, 0.2) is 6.10 Å². The molecule has 0 bridgehead atoms. The molecule has 2 aliphatic heterocycles. The van der Waals surface area contributed by atoms with Gasteiger partial charge in [0, 0.05) is 20.1 Å². The van der Waals surface area contributed by atoms with Crippen LogP contribution < -0.4 is 9.64 Å². The number of carboxylic acid groups (broad SMARTS) is 1. The Bertz CT molecular complexity index is 706. The van der Waals surface area contributed by atoms with E-state index in [1.54, 1.807) is 31.2 Å². The Labute approximate surface area is 144 Å². The average Bonchev–Trinajstić information content (AvgIpc) is 3.03. The van der Waals surface area contributed by atoms with E-state index in [0.29, 0.717) is 11.4 Å². The van der Waals surface area contributed by atoms with E-state index in [-0.39, 0.29) is 31.5 Å². The first-order chi connectivity index (χ1) is 11.9. The number of amides is 2. The Morgan fingerprint density at radius 1 is 1.36 bits per heavy atom. The first kappa shape index (κ1) is 17.2. The third-order valence-electron chi connectivity index (χ3n) is 4.57. The summed E-state index contributed by atoms with van der Waals surface area (Å²) in [5.41, 5.74) is 0.508. The lowest BCUT2D eigenvalue weighted by Crippen LogP contribution is -2.51. The van der Waals surface area contributed by atoms with Gasteiger partial charge in [-0.2, -0.15) is 0 Å². The van der Waals surface area contributed by atoms with E-state index < -0.39 is 24.0 Å². The number of nitrogens with zero attached hydrogens (tertiary/aromatic N) is 2. The summed E-state index contributed by atoms with van der Waals surface area (Å²) in [6.07, 6.45) is -0.790. The number of ether oxygens (including phenoxy) is 2. The summed E-state index contributed by atoms with van der Waals surface area (Å²) >= 11 is 0. The highest BCUT2D eigenvalue weighted by Gasteiger charge is 2.41. The molecule has 0 saturated carbocycles. The van der Waals surface area contributed by atoms with Crippen LogP contribution in [-0.2, 0) is 19.1 Å². The highest BCUT2D eigenvalue weighted by molar-refractivity contribution is 6.04. The van der Waals surface area contributed by atoms with Gasteiger partial charge in [-0.3, -0.25) is 14.5 Å². The average molecular weight is 348 g/mol. The number of hydrogen-bond acceptors (Lipinski definition) is 5. The minimum Gasteiger partial charge on any atom is -0.480 e. The molecule has 25 heavy (non-hydrogen) atoms. The van der Waals surface area contributed by atoms with Gasteiger partial charge in [0.25, 0.3) is 5.91 Å². The zero-order valence-corrected chi connectivity index (χ0v) is 14.0. The Hall–Kier alpha value is -2.61. The molecule has 3 unspecified atom stereocenters. The van der Waals surface area contributed by atoms with E-state index in [1.165, 1.54) is 16.9 Å². The number of aliphatic carboxylic acids is 1. The van der Waals surface area contributed by atoms with Crippen molar-refractivity contribution in [3.05, 3.63) is 24.3 Å². The van der Waals surface area contributed by atoms with Crippen LogP contribution in [0.15, 0.2) is 24.3 Å². The van der Waals surface area contributed by atoms with Gasteiger partial charge in [0.05, 0.1) is 11.8 Å². The van der Waals surface area contributed by atoms with Crippen LogP contribution in [0, 0.1) is 0 Å². The molecule has 0 aliphatic carbocycles. The fourth-order valence-electron chi connectivity index (χ4n) is 3.23. The number of methoxy groups -OCH3 is 1. The lowest BCUT2D eigenvalue weighted by molar-refractivity contribution is -0.147. The van der Waals surface area contributed by atoms with Crippen molar-refractivity contribution in [2.45, 2.75) is 31.6 Å². The maximum Gasteiger partial charge on any atom is 0.326 e. The van der Waals surface area contributed by atoms with Crippen molar-refractivity contribution < 1.29 is 29.0 Å². The molecule has 2 amide bonds. The fourth-order valence-corrected chi connectivity index (χ4v) is 3.23. The summed E-state index contributed by atoms with van der Waals surface area (Å²) in [6.45, 7) is 1.58. The number of carbonyl (C=O) groups is 3. The number of likely N-dealkylation sites (tertiary alicyclic amines) is 1. The number of fused-ring (bicyclic) bond motifs is 1. The number of carboxylic acids is 1. The largest absolute Gasteiger partial charge is 0.480 e. The van der Waals surface area contributed by atoms with Crippen molar-refractivity contribution in [1.82, 2.24) is 4.90 Å². The zero-order valence-electron chi connectivity index (χ0n) is 14.0. The second-order valence-electron chi connectivity index (χ2n) is 6.15. The smallest absolute Gasteiger partial charge is 0.326 e. The molecule has 2 aliphatic rings. The second-order valence-corrected chi connectivity index (χ2v) is 6.15. The first-order valence-corrected chi connectivity index (χ1v) is 8.04. The van der Waals surface area contributed by atoms with Crippen LogP contribution in [0.4, 0.5) is 5.69 Å². The molecule has 8 nitrogen and oxygen atoms in total. The molecule has 0 radical (unpaired) electrons. The molecule has 8 heteroatoms. The molecule has 1 N–H and O–H groups in total. The maximum absolute atomic E-state index is 12.7. The Morgan fingerprint density at radius 2 is 2.08 bits per heavy atom.